The van der Waals surface area contributed by atoms with Gasteiger partial charge in [0.05, 0.1) is 12.1 Å². The van der Waals surface area contributed by atoms with Crippen molar-refractivity contribution in [3.63, 3.8) is 0 Å². The van der Waals surface area contributed by atoms with Gasteiger partial charge in [-0.2, -0.15) is 18.3 Å². The molecule has 18 heavy (non-hydrogen) atoms. The Balaban J connectivity index is 2.27. The molecule has 0 saturated carbocycles. The van der Waals surface area contributed by atoms with Crippen LogP contribution in [0.25, 0.3) is 0 Å². The highest BCUT2D eigenvalue weighted by Gasteiger charge is 2.30. The van der Waals surface area contributed by atoms with Gasteiger partial charge in [-0.1, -0.05) is 12.1 Å². The number of aromatic nitrogens is 2. The zero-order chi connectivity index (χ0) is 13.3. The van der Waals surface area contributed by atoms with Gasteiger partial charge in [-0.3, -0.25) is 4.68 Å². The zero-order valence-corrected chi connectivity index (χ0v) is 11.1. The van der Waals surface area contributed by atoms with Gasteiger partial charge >= 0.3 is 6.18 Å². The van der Waals surface area contributed by atoms with Crippen LogP contribution in [-0.2, 0) is 12.7 Å². The van der Waals surface area contributed by atoms with Gasteiger partial charge in [-0.25, -0.2) is 0 Å². The third-order valence-corrected chi connectivity index (χ3v) is 2.93. The smallest absolute Gasteiger partial charge is 0.264 e. The molecular weight excluding hydrogens is 309 g/mol. The fourth-order valence-electron chi connectivity index (χ4n) is 1.65. The molecule has 0 radical (unpaired) electrons. The Morgan fingerprint density at radius 1 is 1.28 bits per heavy atom. The number of alkyl halides is 3. The van der Waals surface area contributed by atoms with Gasteiger partial charge in [0, 0.05) is 5.69 Å². The Morgan fingerprint density at radius 3 is 2.56 bits per heavy atom. The van der Waals surface area contributed by atoms with Gasteiger partial charge in [0.15, 0.2) is 0 Å². The molecule has 0 aliphatic carbocycles. The van der Waals surface area contributed by atoms with Crippen molar-refractivity contribution in [3.05, 3.63) is 51.8 Å². The van der Waals surface area contributed by atoms with Crippen LogP contribution < -0.4 is 0 Å². The first kappa shape index (κ1) is 13.1. The molecule has 0 saturated heterocycles. The molecule has 2 nitrogen and oxygen atoms in total. The van der Waals surface area contributed by atoms with Crippen LogP contribution >= 0.6 is 15.9 Å². The van der Waals surface area contributed by atoms with E-state index in [1.165, 1.54) is 6.07 Å². The van der Waals surface area contributed by atoms with E-state index in [0.29, 0.717) is 16.7 Å². The third kappa shape index (κ3) is 2.93. The minimum atomic E-state index is -4.31. The van der Waals surface area contributed by atoms with Crippen molar-refractivity contribution >= 4 is 15.9 Å². The van der Waals surface area contributed by atoms with Gasteiger partial charge in [0.25, 0.3) is 0 Å². The number of aryl methyl sites for hydroxylation is 1. The monoisotopic (exact) mass is 318 g/mol. The topological polar surface area (TPSA) is 17.8 Å². The van der Waals surface area contributed by atoms with E-state index in [9.17, 15) is 13.2 Å². The molecule has 0 amide bonds. The first-order valence-electron chi connectivity index (χ1n) is 5.22. The van der Waals surface area contributed by atoms with Crippen molar-refractivity contribution in [2.45, 2.75) is 19.6 Å². The predicted molar refractivity (Wildman–Crippen MR) is 65.2 cm³/mol. The standard InChI is InChI=1S/C12H10BrF3N2/c1-8-5-11(13)17-18(8)7-9-3-2-4-10(6-9)12(14,15)16/h2-6H,7H2,1H3. The summed E-state index contributed by atoms with van der Waals surface area (Å²) in [5, 5.41) is 4.15. The quantitative estimate of drug-likeness (QED) is 0.817. The van der Waals surface area contributed by atoms with Gasteiger partial charge in [0.2, 0.25) is 0 Å². The van der Waals surface area contributed by atoms with Crippen molar-refractivity contribution in [2.24, 2.45) is 0 Å². The zero-order valence-electron chi connectivity index (χ0n) is 9.50. The lowest BCUT2D eigenvalue weighted by molar-refractivity contribution is -0.137. The summed E-state index contributed by atoms with van der Waals surface area (Å²) in [4.78, 5) is 0. The Kier molecular flexibility index (Phi) is 3.47. The average molecular weight is 319 g/mol. The molecule has 0 fully saturated rings. The Hall–Kier alpha value is -1.30. The van der Waals surface area contributed by atoms with E-state index in [0.717, 1.165) is 17.8 Å². The van der Waals surface area contributed by atoms with E-state index < -0.39 is 11.7 Å². The molecule has 96 valence electrons. The lowest BCUT2D eigenvalue weighted by Crippen LogP contribution is -2.08. The van der Waals surface area contributed by atoms with Crippen LogP contribution in [0.3, 0.4) is 0 Å². The van der Waals surface area contributed by atoms with Crippen LogP contribution in [0.15, 0.2) is 34.9 Å². The first-order chi connectivity index (χ1) is 8.36. The van der Waals surface area contributed by atoms with Crippen molar-refractivity contribution in [3.8, 4) is 0 Å². The molecule has 1 aromatic heterocycles. The predicted octanol–water partition coefficient (Wildman–Crippen LogP) is 4.02. The number of nitrogens with zero attached hydrogens (tertiary/aromatic N) is 2. The van der Waals surface area contributed by atoms with Gasteiger partial charge in [0.1, 0.15) is 4.60 Å². The Morgan fingerprint density at radius 2 is 2.00 bits per heavy atom. The molecule has 6 heteroatoms. The summed E-state index contributed by atoms with van der Waals surface area (Å²) in [6.07, 6.45) is -4.31. The third-order valence-electron chi connectivity index (χ3n) is 2.54. The maximum atomic E-state index is 12.6. The fraction of sp³-hybridized carbons (Fsp3) is 0.250. The molecule has 0 aliphatic heterocycles. The first-order valence-corrected chi connectivity index (χ1v) is 6.01. The lowest BCUT2D eigenvalue weighted by Gasteiger charge is -2.09. The van der Waals surface area contributed by atoms with E-state index in [2.05, 4.69) is 21.0 Å². The van der Waals surface area contributed by atoms with Crippen LogP contribution in [0.5, 0.6) is 0 Å². The lowest BCUT2D eigenvalue weighted by atomic mass is 10.1. The van der Waals surface area contributed by atoms with Crippen LogP contribution in [0, 0.1) is 6.92 Å². The molecule has 2 aromatic rings. The van der Waals surface area contributed by atoms with Crippen molar-refractivity contribution in [2.75, 3.05) is 0 Å². The molecule has 0 spiro atoms. The second-order valence-corrected chi connectivity index (χ2v) is 4.78. The normalized spacial score (nSPS) is 11.8. The van der Waals surface area contributed by atoms with Gasteiger partial charge in [-0.05, 0) is 46.6 Å². The minimum Gasteiger partial charge on any atom is -0.264 e. The molecule has 0 N–H and O–H groups in total. The summed E-state index contributed by atoms with van der Waals surface area (Å²) in [6, 6.07) is 7.09. The Bertz CT molecular complexity index is 561. The second kappa shape index (κ2) is 4.76. The van der Waals surface area contributed by atoms with E-state index in [4.69, 9.17) is 0 Å². The van der Waals surface area contributed by atoms with Crippen LogP contribution in [-0.4, -0.2) is 9.78 Å². The molecule has 2 rings (SSSR count). The molecule has 0 aliphatic rings. The Labute approximate surface area is 111 Å². The van der Waals surface area contributed by atoms with Gasteiger partial charge in [-0.15, -0.1) is 0 Å². The highest BCUT2D eigenvalue weighted by atomic mass is 79.9. The largest absolute Gasteiger partial charge is 0.416 e. The van der Waals surface area contributed by atoms with Crippen LogP contribution in [0.4, 0.5) is 13.2 Å². The number of benzene rings is 1. The van der Waals surface area contributed by atoms with Crippen molar-refractivity contribution in [1.82, 2.24) is 9.78 Å². The number of hydrogen-bond donors (Lipinski definition) is 0. The number of hydrogen-bond acceptors (Lipinski definition) is 1. The summed E-state index contributed by atoms with van der Waals surface area (Å²) in [5.41, 5.74) is 0.826. The molecule has 0 bridgehead atoms. The van der Waals surface area contributed by atoms with E-state index in [-0.39, 0.29) is 0 Å². The molecule has 0 unspecified atom stereocenters. The SMILES string of the molecule is Cc1cc(Br)nn1Cc1cccc(C(F)(F)F)c1. The average Bonchev–Trinajstić information content (AvgIpc) is 2.56. The van der Waals surface area contributed by atoms with Crippen molar-refractivity contribution in [1.29, 1.82) is 0 Å². The minimum absolute atomic E-state index is 0.321. The summed E-state index contributed by atoms with van der Waals surface area (Å²) < 4.78 is 40.0. The van der Waals surface area contributed by atoms with Crippen LogP contribution in [0.2, 0.25) is 0 Å². The van der Waals surface area contributed by atoms with E-state index in [1.54, 1.807) is 10.7 Å². The maximum absolute atomic E-state index is 12.6. The second-order valence-electron chi connectivity index (χ2n) is 3.96. The van der Waals surface area contributed by atoms with Crippen LogP contribution in [0.1, 0.15) is 16.8 Å². The number of halogens is 4. The van der Waals surface area contributed by atoms with Crippen molar-refractivity contribution < 1.29 is 13.2 Å². The summed E-state index contributed by atoms with van der Waals surface area (Å²) in [5.74, 6) is 0. The molecular formula is C12H10BrF3N2. The maximum Gasteiger partial charge on any atom is 0.416 e. The molecule has 1 heterocycles. The fourth-order valence-corrected chi connectivity index (χ4v) is 2.17. The van der Waals surface area contributed by atoms with Gasteiger partial charge < -0.3 is 0 Å². The summed E-state index contributed by atoms with van der Waals surface area (Å²) >= 11 is 3.23. The number of rotatable bonds is 2. The highest BCUT2D eigenvalue weighted by Crippen LogP contribution is 2.29. The molecule has 1 aromatic carbocycles. The summed E-state index contributed by atoms with van der Waals surface area (Å²) in [7, 11) is 0. The highest BCUT2D eigenvalue weighted by molar-refractivity contribution is 9.10. The molecule has 0 atom stereocenters. The summed E-state index contributed by atoms with van der Waals surface area (Å²) in [6.45, 7) is 2.17. The van der Waals surface area contributed by atoms with E-state index in [1.807, 2.05) is 13.0 Å². The van der Waals surface area contributed by atoms with E-state index >= 15 is 0 Å².